The van der Waals surface area contributed by atoms with Gasteiger partial charge < -0.3 is 5.11 Å². The second-order valence-electron chi connectivity index (χ2n) is 4.94. The van der Waals surface area contributed by atoms with Crippen molar-refractivity contribution in [3.63, 3.8) is 0 Å². The molecule has 1 atom stereocenters. The highest BCUT2D eigenvalue weighted by molar-refractivity contribution is 6.35. The molecule has 2 heterocycles. The Balaban J connectivity index is 2.13. The van der Waals surface area contributed by atoms with Crippen molar-refractivity contribution in [2.45, 2.75) is 19.6 Å². The van der Waals surface area contributed by atoms with Gasteiger partial charge in [0.25, 0.3) is 5.56 Å². The monoisotopic (exact) mass is 303 g/mol. The van der Waals surface area contributed by atoms with Crippen LogP contribution in [0.5, 0.6) is 0 Å². The zero-order valence-electron chi connectivity index (χ0n) is 11.4. The molecular formula is C15H14ClN3O2. The fourth-order valence-electron chi connectivity index (χ4n) is 2.28. The van der Waals surface area contributed by atoms with E-state index in [1.807, 2.05) is 18.2 Å². The number of fused-ring (bicyclic) bond motifs is 1. The topological polar surface area (TPSA) is 60.0 Å². The van der Waals surface area contributed by atoms with Crippen LogP contribution in [0, 0.1) is 0 Å². The third-order valence-electron chi connectivity index (χ3n) is 3.21. The van der Waals surface area contributed by atoms with Crippen molar-refractivity contribution in [1.82, 2.24) is 14.3 Å². The molecule has 0 amide bonds. The largest absolute Gasteiger partial charge is 0.391 e. The molecule has 6 heteroatoms. The molecule has 0 spiro atoms. The van der Waals surface area contributed by atoms with Gasteiger partial charge in [-0.2, -0.15) is 5.10 Å². The second-order valence-corrected chi connectivity index (χ2v) is 5.35. The number of aromatic nitrogens is 3. The van der Waals surface area contributed by atoms with Gasteiger partial charge in [-0.05, 0) is 24.4 Å². The molecule has 3 aromatic rings. The van der Waals surface area contributed by atoms with Crippen LogP contribution in [-0.2, 0) is 6.54 Å². The Morgan fingerprint density at radius 2 is 2.10 bits per heavy atom. The smallest absolute Gasteiger partial charge is 0.265 e. The lowest BCUT2D eigenvalue weighted by Gasteiger charge is -2.06. The van der Waals surface area contributed by atoms with Gasteiger partial charge in [-0.15, -0.1) is 0 Å². The second kappa shape index (κ2) is 5.35. The standard InChI is InChI=1S/C15H14ClN3O2/c1-10(20)9-18-7-6-13(17-18)19-8-5-11-3-2-4-12(16)14(11)15(19)21/h2-8,10,20H,9H2,1H3. The fourth-order valence-corrected chi connectivity index (χ4v) is 2.54. The average molecular weight is 304 g/mol. The van der Waals surface area contributed by atoms with E-state index in [0.717, 1.165) is 5.39 Å². The van der Waals surface area contributed by atoms with Gasteiger partial charge in [-0.25, -0.2) is 0 Å². The molecule has 0 saturated carbocycles. The maximum atomic E-state index is 12.6. The molecule has 0 radical (unpaired) electrons. The molecule has 5 nitrogen and oxygen atoms in total. The third kappa shape index (κ3) is 2.57. The number of aliphatic hydroxyl groups is 1. The lowest BCUT2D eigenvalue weighted by Crippen LogP contribution is -2.19. The van der Waals surface area contributed by atoms with E-state index in [2.05, 4.69) is 5.10 Å². The summed E-state index contributed by atoms with van der Waals surface area (Å²) in [4.78, 5) is 12.6. The Labute approximate surface area is 126 Å². The Kier molecular flexibility index (Phi) is 3.53. The number of nitrogens with zero attached hydrogens (tertiary/aromatic N) is 3. The minimum absolute atomic E-state index is 0.208. The van der Waals surface area contributed by atoms with E-state index < -0.39 is 6.10 Å². The maximum absolute atomic E-state index is 12.6. The SMILES string of the molecule is CC(O)Cn1ccc(-n2ccc3cccc(Cl)c3c2=O)n1. The number of hydrogen-bond acceptors (Lipinski definition) is 3. The van der Waals surface area contributed by atoms with Crippen LogP contribution in [0.25, 0.3) is 16.6 Å². The molecule has 0 bridgehead atoms. The Morgan fingerprint density at radius 1 is 1.29 bits per heavy atom. The van der Waals surface area contributed by atoms with E-state index >= 15 is 0 Å². The Morgan fingerprint density at radius 3 is 2.86 bits per heavy atom. The van der Waals surface area contributed by atoms with Crippen molar-refractivity contribution in [3.05, 3.63) is 58.1 Å². The van der Waals surface area contributed by atoms with Crippen molar-refractivity contribution < 1.29 is 5.11 Å². The van der Waals surface area contributed by atoms with Gasteiger partial charge in [0, 0.05) is 18.5 Å². The summed E-state index contributed by atoms with van der Waals surface area (Å²) in [6.45, 7) is 2.06. The zero-order chi connectivity index (χ0) is 15.0. The Bertz CT molecular complexity index is 851. The van der Waals surface area contributed by atoms with E-state index in [0.29, 0.717) is 22.8 Å². The lowest BCUT2D eigenvalue weighted by atomic mass is 10.2. The molecule has 0 aliphatic heterocycles. The average Bonchev–Trinajstić information content (AvgIpc) is 2.86. The van der Waals surface area contributed by atoms with E-state index in [-0.39, 0.29) is 5.56 Å². The molecule has 0 aliphatic carbocycles. The van der Waals surface area contributed by atoms with Crippen LogP contribution >= 0.6 is 11.6 Å². The van der Waals surface area contributed by atoms with Gasteiger partial charge in [0.15, 0.2) is 5.82 Å². The Hall–Kier alpha value is -2.11. The lowest BCUT2D eigenvalue weighted by molar-refractivity contribution is 0.168. The highest BCUT2D eigenvalue weighted by atomic mass is 35.5. The number of pyridine rings is 1. The van der Waals surface area contributed by atoms with Crippen molar-refractivity contribution in [2.75, 3.05) is 0 Å². The van der Waals surface area contributed by atoms with Crippen LogP contribution in [0.2, 0.25) is 5.02 Å². The van der Waals surface area contributed by atoms with Crippen LogP contribution in [-0.4, -0.2) is 25.6 Å². The van der Waals surface area contributed by atoms with Crippen molar-refractivity contribution in [2.24, 2.45) is 0 Å². The summed E-state index contributed by atoms with van der Waals surface area (Å²) in [5.41, 5.74) is -0.208. The first-order chi connectivity index (χ1) is 10.1. The molecule has 108 valence electrons. The first kappa shape index (κ1) is 13.9. The molecule has 0 aliphatic rings. The normalized spacial score (nSPS) is 12.7. The minimum atomic E-state index is -0.500. The van der Waals surface area contributed by atoms with Gasteiger partial charge in [0.2, 0.25) is 0 Å². The van der Waals surface area contributed by atoms with Crippen LogP contribution < -0.4 is 5.56 Å². The summed E-state index contributed by atoms with van der Waals surface area (Å²) >= 11 is 6.12. The van der Waals surface area contributed by atoms with Gasteiger partial charge in [-0.1, -0.05) is 23.7 Å². The van der Waals surface area contributed by atoms with Crippen LogP contribution in [0.4, 0.5) is 0 Å². The van der Waals surface area contributed by atoms with Crippen molar-refractivity contribution in [3.8, 4) is 5.82 Å². The van der Waals surface area contributed by atoms with E-state index in [9.17, 15) is 9.90 Å². The first-order valence-electron chi connectivity index (χ1n) is 6.58. The van der Waals surface area contributed by atoms with E-state index in [4.69, 9.17) is 11.6 Å². The van der Waals surface area contributed by atoms with Gasteiger partial charge >= 0.3 is 0 Å². The van der Waals surface area contributed by atoms with Gasteiger partial charge in [0.1, 0.15) is 0 Å². The molecule has 0 fully saturated rings. The van der Waals surface area contributed by atoms with Crippen LogP contribution in [0.3, 0.4) is 0 Å². The molecule has 21 heavy (non-hydrogen) atoms. The number of hydrogen-bond donors (Lipinski definition) is 1. The summed E-state index contributed by atoms with van der Waals surface area (Å²) in [5.74, 6) is 0.502. The number of rotatable bonds is 3. The van der Waals surface area contributed by atoms with E-state index in [1.165, 1.54) is 4.57 Å². The minimum Gasteiger partial charge on any atom is -0.391 e. The van der Waals surface area contributed by atoms with Crippen LogP contribution in [0.15, 0.2) is 47.5 Å². The molecule has 2 aromatic heterocycles. The number of halogens is 1. The molecule has 1 N–H and O–H groups in total. The predicted molar refractivity (Wildman–Crippen MR) is 82.0 cm³/mol. The summed E-state index contributed by atoms with van der Waals surface area (Å²) in [6.07, 6.45) is 2.90. The molecule has 0 saturated heterocycles. The highest BCUT2D eigenvalue weighted by Gasteiger charge is 2.10. The van der Waals surface area contributed by atoms with Gasteiger partial charge in [-0.3, -0.25) is 14.0 Å². The van der Waals surface area contributed by atoms with E-state index in [1.54, 1.807) is 36.1 Å². The highest BCUT2D eigenvalue weighted by Crippen LogP contribution is 2.20. The third-order valence-corrected chi connectivity index (χ3v) is 3.52. The quantitative estimate of drug-likeness (QED) is 0.807. The molecule has 1 aromatic carbocycles. The first-order valence-corrected chi connectivity index (χ1v) is 6.96. The molecule has 1 unspecified atom stereocenters. The number of benzene rings is 1. The molecule has 3 rings (SSSR count). The summed E-state index contributed by atoms with van der Waals surface area (Å²) < 4.78 is 3.05. The summed E-state index contributed by atoms with van der Waals surface area (Å²) in [5, 5.41) is 15.4. The van der Waals surface area contributed by atoms with Crippen molar-refractivity contribution in [1.29, 1.82) is 0 Å². The maximum Gasteiger partial charge on any atom is 0.265 e. The van der Waals surface area contributed by atoms with Crippen molar-refractivity contribution >= 4 is 22.4 Å². The predicted octanol–water partition coefficient (Wildman–Crippen LogP) is 2.22. The summed E-state index contributed by atoms with van der Waals surface area (Å²) in [7, 11) is 0. The number of aliphatic hydroxyl groups excluding tert-OH is 1. The summed E-state index contributed by atoms with van der Waals surface area (Å²) in [6, 6.07) is 8.91. The van der Waals surface area contributed by atoms with Crippen LogP contribution in [0.1, 0.15) is 6.92 Å². The zero-order valence-corrected chi connectivity index (χ0v) is 12.2. The molecular weight excluding hydrogens is 290 g/mol. The van der Waals surface area contributed by atoms with Gasteiger partial charge in [0.05, 0.1) is 23.1 Å². The fraction of sp³-hybridized carbons (Fsp3) is 0.200.